The van der Waals surface area contributed by atoms with E-state index in [1.807, 2.05) is 56.3 Å². The molecular formula is C34H29ClN2O3. The predicted octanol–water partition coefficient (Wildman–Crippen LogP) is 8.22. The predicted molar refractivity (Wildman–Crippen MR) is 157 cm³/mol. The standard InChI is InChI=1S/C34H29ClN2O3/c1-3-39-33(38)34(19-20-34)26-17-15-24(16-18-26)23-11-13-25(14-12-23)32-29(22(2)37-40-32)21-27-7-6-10-31(36-27)28-8-4-5-9-30(28)35/h4-18H,3,19-21H2,1-2H3. The average molecular weight is 549 g/mol. The number of carbonyl (C=O) groups excluding carboxylic acids is 1. The summed E-state index contributed by atoms with van der Waals surface area (Å²) < 4.78 is 11.1. The molecule has 200 valence electrons. The van der Waals surface area contributed by atoms with E-state index in [1.165, 1.54) is 0 Å². The maximum absolute atomic E-state index is 12.4. The topological polar surface area (TPSA) is 65.2 Å². The second-order valence-corrected chi connectivity index (χ2v) is 10.6. The van der Waals surface area contributed by atoms with E-state index in [0.717, 1.165) is 69.1 Å². The minimum Gasteiger partial charge on any atom is -0.465 e. The van der Waals surface area contributed by atoms with Crippen molar-refractivity contribution in [1.82, 2.24) is 10.1 Å². The Kier molecular flexibility index (Phi) is 6.99. The van der Waals surface area contributed by atoms with Crippen LogP contribution in [0.4, 0.5) is 0 Å². The third kappa shape index (κ3) is 4.93. The molecule has 0 spiro atoms. The molecule has 2 heterocycles. The number of benzene rings is 3. The van der Waals surface area contributed by atoms with Crippen LogP contribution < -0.4 is 0 Å². The van der Waals surface area contributed by atoms with Crippen molar-refractivity contribution in [3.05, 3.63) is 119 Å². The summed E-state index contributed by atoms with van der Waals surface area (Å²) in [7, 11) is 0. The van der Waals surface area contributed by atoms with Crippen molar-refractivity contribution < 1.29 is 14.1 Å². The van der Waals surface area contributed by atoms with E-state index in [9.17, 15) is 4.79 Å². The van der Waals surface area contributed by atoms with Crippen molar-refractivity contribution in [3.8, 4) is 33.7 Å². The number of nitrogens with zero attached hydrogens (tertiary/aromatic N) is 2. The van der Waals surface area contributed by atoms with E-state index < -0.39 is 5.41 Å². The number of hydrogen-bond acceptors (Lipinski definition) is 5. The van der Waals surface area contributed by atoms with E-state index in [0.29, 0.717) is 18.1 Å². The highest BCUT2D eigenvalue weighted by Gasteiger charge is 2.52. The van der Waals surface area contributed by atoms with Crippen LogP contribution in [0.3, 0.4) is 0 Å². The van der Waals surface area contributed by atoms with Gasteiger partial charge in [-0.2, -0.15) is 0 Å². The second kappa shape index (κ2) is 10.7. The van der Waals surface area contributed by atoms with Gasteiger partial charge in [0.25, 0.3) is 0 Å². The van der Waals surface area contributed by atoms with Gasteiger partial charge < -0.3 is 9.26 Å². The van der Waals surface area contributed by atoms with E-state index >= 15 is 0 Å². The van der Waals surface area contributed by atoms with Crippen LogP contribution in [0.5, 0.6) is 0 Å². The van der Waals surface area contributed by atoms with Crippen LogP contribution in [0.25, 0.3) is 33.7 Å². The number of esters is 1. The molecule has 0 amide bonds. The highest BCUT2D eigenvalue weighted by Crippen LogP contribution is 2.49. The number of hydrogen-bond donors (Lipinski definition) is 0. The molecule has 6 rings (SSSR count). The molecule has 0 radical (unpaired) electrons. The Morgan fingerprint density at radius 3 is 2.25 bits per heavy atom. The van der Waals surface area contributed by atoms with Crippen molar-refractivity contribution in [2.45, 2.75) is 38.5 Å². The van der Waals surface area contributed by atoms with Crippen molar-refractivity contribution in [1.29, 1.82) is 0 Å². The molecule has 5 nitrogen and oxygen atoms in total. The molecule has 1 saturated carbocycles. The van der Waals surface area contributed by atoms with Crippen molar-refractivity contribution in [2.24, 2.45) is 0 Å². The van der Waals surface area contributed by atoms with Crippen LogP contribution in [0.1, 0.15) is 42.3 Å². The van der Waals surface area contributed by atoms with Crippen molar-refractivity contribution >= 4 is 17.6 Å². The average Bonchev–Trinajstić information content (AvgIpc) is 3.72. The highest BCUT2D eigenvalue weighted by molar-refractivity contribution is 6.33. The van der Waals surface area contributed by atoms with Gasteiger partial charge in [0.2, 0.25) is 0 Å². The summed E-state index contributed by atoms with van der Waals surface area (Å²) in [5.41, 5.74) is 8.21. The monoisotopic (exact) mass is 548 g/mol. The van der Waals surface area contributed by atoms with Crippen molar-refractivity contribution in [3.63, 3.8) is 0 Å². The molecule has 3 aromatic carbocycles. The second-order valence-electron chi connectivity index (χ2n) is 10.2. The number of ether oxygens (including phenoxy) is 1. The van der Waals surface area contributed by atoms with Crippen LogP contribution in [0, 0.1) is 6.92 Å². The quantitative estimate of drug-likeness (QED) is 0.183. The fourth-order valence-corrected chi connectivity index (χ4v) is 5.44. The lowest BCUT2D eigenvalue weighted by atomic mass is 9.93. The van der Waals surface area contributed by atoms with Crippen LogP contribution in [-0.2, 0) is 21.4 Å². The number of halogens is 1. The van der Waals surface area contributed by atoms with Crippen LogP contribution in [0.2, 0.25) is 5.02 Å². The van der Waals surface area contributed by atoms with Gasteiger partial charge in [0.15, 0.2) is 5.76 Å². The van der Waals surface area contributed by atoms with E-state index in [2.05, 4.69) is 53.7 Å². The van der Waals surface area contributed by atoms with Crippen LogP contribution >= 0.6 is 11.6 Å². The summed E-state index contributed by atoms with van der Waals surface area (Å²) in [6.45, 7) is 4.21. The van der Waals surface area contributed by atoms with Gasteiger partial charge in [-0.25, -0.2) is 0 Å². The zero-order valence-corrected chi connectivity index (χ0v) is 23.2. The van der Waals surface area contributed by atoms with Gasteiger partial charge in [0.05, 0.1) is 23.4 Å². The summed E-state index contributed by atoms with van der Waals surface area (Å²) in [4.78, 5) is 17.3. The maximum atomic E-state index is 12.4. The van der Waals surface area contributed by atoms with Gasteiger partial charge in [0, 0.05) is 33.8 Å². The molecule has 2 aromatic heterocycles. The summed E-state index contributed by atoms with van der Waals surface area (Å²) in [5.74, 6) is 0.630. The largest absolute Gasteiger partial charge is 0.465 e. The molecular weight excluding hydrogens is 520 g/mol. The Labute approximate surface area is 238 Å². The zero-order chi connectivity index (χ0) is 27.7. The van der Waals surface area contributed by atoms with Crippen molar-refractivity contribution in [2.75, 3.05) is 6.61 Å². The smallest absolute Gasteiger partial charge is 0.316 e. The van der Waals surface area contributed by atoms with E-state index in [-0.39, 0.29) is 5.97 Å². The molecule has 1 aliphatic carbocycles. The minimum atomic E-state index is -0.458. The van der Waals surface area contributed by atoms with Gasteiger partial charge in [-0.15, -0.1) is 0 Å². The first-order chi connectivity index (χ1) is 19.5. The van der Waals surface area contributed by atoms with Crippen LogP contribution in [0.15, 0.2) is 95.5 Å². The highest BCUT2D eigenvalue weighted by atomic mass is 35.5. The number of aryl methyl sites for hydroxylation is 1. The Morgan fingerprint density at radius 1 is 0.900 bits per heavy atom. The van der Waals surface area contributed by atoms with E-state index in [4.69, 9.17) is 25.8 Å². The van der Waals surface area contributed by atoms with Gasteiger partial charge in [0.1, 0.15) is 0 Å². The molecule has 0 saturated heterocycles. The number of rotatable bonds is 8. The first-order valence-electron chi connectivity index (χ1n) is 13.5. The molecule has 40 heavy (non-hydrogen) atoms. The molecule has 0 unspecified atom stereocenters. The lowest BCUT2D eigenvalue weighted by Crippen LogP contribution is -2.23. The summed E-state index contributed by atoms with van der Waals surface area (Å²) in [6, 6.07) is 30.2. The number of aromatic nitrogens is 2. The van der Waals surface area contributed by atoms with Gasteiger partial charge >= 0.3 is 5.97 Å². The Bertz CT molecular complexity index is 1670. The molecule has 6 heteroatoms. The maximum Gasteiger partial charge on any atom is 0.316 e. The summed E-state index contributed by atoms with van der Waals surface area (Å²) in [6.07, 6.45) is 2.28. The fraction of sp³-hybridized carbons (Fsp3) is 0.206. The van der Waals surface area contributed by atoms with E-state index in [1.54, 1.807) is 0 Å². The summed E-state index contributed by atoms with van der Waals surface area (Å²) >= 11 is 6.41. The Balaban J connectivity index is 1.22. The van der Waals surface area contributed by atoms with Gasteiger partial charge in [-0.1, -0.05) is 89.6 Å². The molecule has 1 fully saturated rings. The lowest BCUT2D eigenvalue weighted by Gasteiger charge is -2.14. The zero-order valence-electron chi connectivity index (χ0n) is 22.5. The fourth-order valence-electron chi connectivity index (χ4n) is 5.20. The third-order valence-electron chi connectivity index (χ3n) is 7.63. The first-order valence-corrected chi connectivity index (χ1v) is 13.9. The van der Waals surface area contributed by atoms with Gasteiger partial charge in [-0.3, -0.25) is 9.78 Å². The Hall–Kier alpha value is -4.22. The molecule has 0 atom stereocenters. The third-order valence-corrected chi connectivity index (χ3v) is 7.96. The molecule has 5 aromatic rings. The molecule has 1 aliphatic rings. The molecule has 0 bridgehead atoms. The molecule has 0 aliphatic heterocycles. The normalized spacial score (nSPS) is 13.7. The SMILES string of the molecule is CCOC(=O)C1(c2ccc(-c3ccc(-c4onc(C)c4Cc4cccc(-c5ccccc5Cl)n4)cc3)cc2)CC1. The van der Waals surface area contributed by atoms with Gasteiger partial charge in [-0.05, 0) is 61.6 Å². The summed E-state index contributed by atoms with van der Waals surface area (Å²) in [5, 5.41) is 4.94. The number of pyridine rings is 1. The minimum absolute atomic E-state index is 0.115. The molecule has 0 N–H and O–H groups in total. The Morgan fingerprint density at radius 2 is 1.57 bits per heavy atom. The first kappa shape index (κ1) is 26.0. The van der Waals surface area contributed by atoms with Crippen LogP contribution in [-0.4, -0.2) is 22.7 Å². The number of carbonyl (C=O) groups is 1. The lowest BCUT2D eigenvalue weighted by molar-refractivity contribution is -0.146.